The molecular formula is C22H22Cl3N3O2S. The SMILES string of the molecule is Nc1cc(Cl)c(SC[C@H]2CO[C@](CCc3ccc(Cl)cc3)(Cn3ccnc3)O2)c(Cl)c1. The van der Waals surface area contributed by atoms with Crippen LogP contribution in [0.5, 0.6) is 0 Å². The Morgan fingerprint density at radius 2 is 1.90 bits per heavy atom. The van der Waals surface area contributed by atoms with Crippen molar-refractivity contribution in [1.29, 1.82) is 0 Å². The van der Waals surface area contributed by atoms with Gasteiger partial charge in [0.15, 0.2) is 5.79 Å². The first-order valence-electron chi connectivity index (χ1n) is 9.82. The molecule has 4 rings (SSSR count). The first kappa shape index (κ1) is 22.8. The molecule has 0 aliphatic carbocycles. The van der Waals surface area contributed by atoms with Crippen molar-refractivity contribution in [2.45, 2.75) is 36.2 Å². The zero-order valence-corrected chi connectivity index (χ0v) is 19.7. The van der Waals surface area contributed by atoms with Gasteiger partial charge in [0.1, 0.15) is 0 Å². The van der Waals surface area contributed by atoms with E-state index in [-0.39, 0.29) is 6.10 Å². The molecule has 3 aromatic rings. The lowest BCUT2D eigenvalue weighted by Crippen LogP contribution is -2.37. The predicted molar refractivity (Wildman–Crippen MR) is 127 cm³/mol. The van der Waals surface area contributed by atoms with Gasteiger partial charge in [-0.25, -0.2) is 4.98 Å². The van der Waals surface area contributed by atoms with Gasteiger partial charge in [-0.1, -0.05) is 46.9 Å². The van der Waals surface area contributed by atoms with Crippen LogP contribution in [0, 0.1) is 0 Å². The summed E-state index contributed by atoms with van der Waals surface area (Å²) in [5.41, 5.74) is 7.52. The van der Waals surface area contributed by atoms with Crippen molar-refractivity contribution >= 4 is 52.3 Å². The lowest BCUT2D eigenvalue weighted by atomic mass is 10.0. The summed E-state index contributed by atoms with van der Waals surface area (Å²) in [6, 6.07) is 11.3. The molecule has 0 spiro atoms. The van der Waals surface area contributed by atoms with Crippen molar-refractivity contribution in [3.8, 4) is 0 Å². The van der Waals surface area contributed by atoms with Gasteiger partial charge in [0.05, 0.1) is 35.6 Å². The van der Waals surface area contributed by atoms with Gasteiger partial charge in [-0.05, 0) is 36.2 Å². The number of thioether (sulfide) groups is 1. The van der Waals surface area contributed by atoms with Crippen LogP contribution in [0.15, 0.2) is 60.0 Å². The first-order valence-corrected chi connectivity index (χ1v) is 11.9. The third kappa shape index (κ3) is 5.89. The van der Waals surface area contributed by atoms with E-state index in [0.717, 1.165) is 16.3 Å². The highest BCUT2D eigenvalue weighted by Gasteiger charge is 2.41. The van der Waals surface area contributed by atoms with Crippen molar-refractivity contribution in [1.82, 2.24) is 9.55 Å². The van der Waals surface area contributed by atoms with Gasteiger partial charge in [0, 0.05) is 40.2 Å². The van der Waals surface area contributed by atoms with E-state index in [1.54, 1.807) is 36.4 Å². The number of hydrogen-bond donors (Lipinski definition) is 1. The second-order valence-corrected chi connectivity index (χ2v) is 9.73. The quantitative estimate of drug-likeness (QED) is 0.306. The van der Waals surface area contributed by atoms with Gasteiger partial charge in [-0.15, -0.1) is 11.8 Å². The third-order valence-corrected chi connectivity index (χ3v) is 7.38. The van der Waals surface area contributed by atoms with Crippen LogP contribution >= 0.6 is 46.6 Å². The average Bonchev–Trinajstić information content (AvgIpc) is 3.37. The fourth-order valence-electron chi connectivity index (χ4n) is 3.53. The molecule has 1 fully saturated rings. The molecule has 0 bridgehead atoms. The Morgan fingerprint density at radius 1 is 1.16 bits per heavy atom. The summed E-state index contributed by atoms with van der Waals surface area (Å²) >= 11 is 20.2. The number of hydrogen-bond acceptors (Lipinski definition) is 5. The summed E-state index contributed by atoms with van der Waals surface area (Å²) in [6.07, 6.45) is 6.85. The standard InChI is InChI=1S/C22H22Cl3N3O2S/c23-16-3-1-15(2-4-16)5-6-22(13-28-8-7-27-14-28)29-11-18(30-22)12-31-21-19(24)9-17(26)10-20(21)25/h1-4,7-10,14,18H,5-6,11-13,26H2/t18-,22+/m1/s1. The minimum atomic E-state index is -0.736. The van der Waals surface area contributed by atoms with E-state index in [1.807, 2.05) is 35.0 Å². The zero-order chi connectivity index (χ0) is 21.8. The van der Waals surface area contributed by atoms with Crippen molar-refractivity contribution in [2.24, 2.45) is 0 Å². The fraction of sp³-hybridized carbons (Fsp3) is 0.318. The summed E-state index contributed by atoms with van der Waals surface area (Å²) < 4.78 is 14.7. The molecule has 164 valence electrons. The number of anilines is 1. The highest BCUT2D eigenvalue weighted by molar-refractivity contribution is 7.99. The van der Waals surface area contributed by atoms with Crippen molar-refractivity contribution in [2.75, 3.05) is 18.1 Å². The van der Waals surface area contributed by atoms with Crippen molar-refractivity contribution in [3.05, 3.63) is 75.8 Å². The van der Waals surface area contributed by atoms with Crippen molar-refractivity contribution in [3.63, 3.8) is 0 Å². The summed E-state index contributed by atoms with van der Waals surface area (Å²) in [5.74, 6) is -0.0732. The molecule has 0 radical (unpaired) electrons. The molecule has 1 aliphatic heterocycles. The Balaban J connectivity index is 1.43. The minimum absolute atomic E-state index is 0.0941. The van der Waals surface area contributed by atoms with Gasteiger partial charge in [-0.3, -0.25) is 0 Å². The average molecular weight is 499 g/mol. The Bertz CT molecular complexity index is 994. The lowest BCUT2D eigenvalue weighted by molar-refractivity contribution is -0.180. The summed E-state index contributed by atoms with van der Waals surface area (Å²) in [6.45, 7) is 1.05. The summed E-state index contributed by atoms with van der Waals surface area (Å²) in [4.78, 5) is 4.94. The second-order valence-electron chi connectivity index (χ2n) is 7.45. The monoisotopic (exact) mass is 497 g/mol. The number of nitrogens with zero attached hydrogens (tertiary/aromatic N) is 2. The number of aryl methyl sites for hydroxylation is 1. The highest BCUT2D eigenvalue weighted by atomic mass is 35.5. The molecule has 2 atom stereocenters. The molecule has 1 aromatic heterocycles. The van der Waals surface area contributed by atoms with Crippen LogP contribution in [0.2, 0.25) is 15.1 Å². The first-order chi connectivity index (χ1) is 14.9. The Hall–Kier alpha value is -1.41. The highest BCUT2D eigenvalue weighted by Crippen LogP contribution is 2.39. The van der Waals surface area contributed by atoms with Crippen LogP contribution in [0.4, 0.5) is 5.69 Å². The second kappa shape index (κ2) is 10.0. The van der Waals surface area contributed by atoms with Gasteiger partial charge in [-0.2, -0.15) is 0 Å². The van der Waals surface area contributed by atoms with E-state index in [2.05, 4.69) is 4.98 Å². The van der Waals surface area contributed by atoms with E-state index >= 15 is 0 Å². The molecule has 1 aliphatic rings. The maximum Gasteiger partial charge on any atom is 0.187 e. The molecule has 9 heteroatoms. The fourth-order valence-corrected chi connectivity index (χ4v) is 5.40. The number of benzene rings is 2. The predicted octanol–water partition coefficient (Wildman–Crippen LogP) is 5.96. The number of halogens is 3. The van der Waals surface area contributed by atoms with Crippen LogP contribution in [-0.4, -0.2) is 33.8 Å². The Morgan fingerprint density at radius 3 is 2.58 bits per heavy atom. The van der Waals surface area contributed by atoms with E-state index in [4.69, 9.17) is 50.0 Å². The smallest absolute Gasteiger partial charge is 0.187 e. The van der Waals surface area contributed by atoms with Crippen LogP contribution < -0.4 is 5.73 Å². The molecule has 0 amide bonds. The summed E-state index contributed by atoms with van der Waals surface area (Å²) in [5, 5.41) is 1.81. The largest absolute Gasteiger partial charge is 0.399 e. The normalized spacial score (nSPS) is 20.9. The molecular weight excluding hydrogens is 477 g/mol. The number of ether oxygens (including phenoxy) is 2. The maximum absolute atomic E-state index is 6.46. The van der Waals surface area contributed by atoms with Gasteiger partial charge >= 0.3 is 0 Å². The molecule has 0 saturated carbocycles. The Kier molecular flexibility index (Phi) is 7.37. The minimum Gasteiger partial charge on any atom is -0.399 e. The van der Waals surface area contributed by atoms with E-state index < -0.39 is 5.79 Å². The summed E-state index contributed by atoms with van der Waals surface area (Å²) in [7, 11) is 0. The zero-order valence-electron chi connectivity index (χ0n) is 16.6. The molecule has 31 heavy (non-hydrogen) atoms. The van der Waals surface area contributed by atoms with Crippen LogP contribution in [-0.2, 0) is 22.4 Å². The molecule has 2 aromatic carbocycles. The Labute approximate surface area is 200 Å². The third-order valence-electron chi connectivity index (χ3n) is 5.04. The number of rotatable bonds is 8. The van der Waals surface area contributed by atoms with Gasteiger partial charge in [0.2, 0.25) is 0 Å². The van der Waals surface area contributed by atoms with Crippen molar-refractivity contribution < 1.29 is 9.47 Å². The topological polar surface area (TPSA) is 62.3 Å². The van der Waals surface area contributed by atoms with Gasteiger partial charge in [0.25, 0.3) is 0 Å². The number of nitrogens with two attached hydrogens (primary N) is 1. The van der Waals surface area contributed by atoms with Gasteiger partial charge < -0.3 is 19.8 Å². The molecule has 2 N–H and O–H groups in total. The molecule has 0 unspecified atom stereocenters. The van der Waals surface area contributed by atoms with Crippen LogP contribution in [0.1, 0.15) is 12.0 Å². The molecule has 1 saturated heterocycles. The number of aromatic nitrogens is 2. The maximum atomic E-state index is 6.46. The lowest BCUT2D eigenvalue weighted by Gasteiger charge is -2.28. The van der Waals surface area contributed by atoms with Crippen LogP contribution in [0.3, 0.4) is 0 Å². The molecule has 5 nitrogen and oxygen atoms in total. The van der Waals surface area contributed by atoms with E-state index in [9.17, 15) is 0 Å². The number of imidazole rings is 1. The van der Waals surface area contributed by atoms with E-state index in [0.29, 0.717) is 41.1 Å². The van der Waals surface area contributed by atoms with E-state index in [1.165, 1.54) is 5.56 Å². The van der Waals surface area contributed by atoms with Crippen LogP contribution in [0.25, 0.3) is 0 Å². The molecule has 2 heterocycles. The number of nitrogen functional groups attached to an aromatic ring is 1.